The number of ether oxygens (including phenoxy) is 1. The van der Waals surface area contributed by atoms with Crippen LogP contribution in [0.1, 0.15) is 50.8 Å². The average molecular weight is 342 g/mol. The van der Waals surface area contributed by atoms with Gasteiger partial charge in [0.2, 0.25) is 5.91 Å². The number of hydrogen-bond acceptors (Lipinski definition) is 3. The molecule has 1 spiro atoms. The van der Waals surface area contributed by atoms with Crippen molar-refractivity contribution in [3.8, 4) is 5.75 Å². The van der Waals surface area contributed by atoms with Gasteiger partial charge < -0.3 is 9.64 Å². The lowest BCUT2D eigenvalue weighted by molar-refractivity contribution is -0.274. The Morgan fingerprint density at radius 1 is 1.21 bits per heavy atom. The van der Waals surface area contributed by atoms with Crippen molar-refractivity contribution in [3.05, 3.63) is 29.8 Å². The number of alkyl halides is 3. The number of rotatable bonds is 3. The summed E-state index contributed by atoms with van der Waals surface area (Å²) in [6, 6.07) is 5.73. The van der Waals surface area contributed by atoms with Crippen molar-refractivity contribution >= 4 is 5.91 Å². The van der Waals surface area contributed by atoms with Crippen LogP contribution in [0.5, 0.6) is 5.75 Å². The normalized spacial score (nSPS) is 23.8. The second-order valence-corrected chi connectivity index (χ2v) is 6.40. The van der Waals surface area contributed by atoms with Gasteiger partial charge in [0.05, 0.1) is 5.54 Å². The van der Waals surface area contributed by atoms with E-state index in [0.29, 0.717) is 6.54 Å². The molecule has 1 amide bonds. The fraction of sp³-hybridized carbons (Fsp3) is 0.588. The van der Waals surface area contributed by atoms with E-state index in [-0.39, 0.29) is 17.8 Å². The van der Waals surface area contributed by atoms with Gasteiger partial charge in [-0.1, -0.05) is 31.4 Å². The molecule has 1 atom stereocenters. The maximum absolute atomic E-state index is 12.8. The van der Waals surface area contributed by atoms with E-state index in [2.05, 4.69) is 10.1 Å². The van der Waals surface area contributed by atoms with Gasteiger partial charge in [0, 0.05) is 6.54 Å². The molecule has 0 radical (unpaired) electrons. The molecule has 4 nitrogen and oxygen atoms in total. The van der Waals surface area contributed by atoms with Crippen LogP contribution in [-0.4, -0.2) is 29.3 Å². The largest absolute Gasteiger partial charge is 0.573 e. The standard InChI is InChI=1S/C17H21F3N2O2/c1-2-22-14(21-16(15(22)23)10-4-3-5-11-16)12-6-8-13(9-7-12)24-17(18,19)20/h6-9,14,21H,2-5,10-11H2,1H3. The molecular formula is C17H21F3N2O2. The van der Waals surface area contributed by atoms with Crippen LogP contribution in [0.2, 0.25) is 0 Å². The molecule has 1 aliphatic carbocycles. The molecule has 0 bridgehead atoms. The van der Waals surface area contributed by atoms with Gasteiger partial charge in [0.1, 0.15) is 11.9 Å². The molecule has 1 aromatic rings. The smallest absolute Gasteiger partial charge is 0.406 e. The first-order chi connectivity index (χ1) is 11.3. The summed E-state index contributed by atoms with van der Waals surface area (Å²) in [6.45, 7) is 2.47. The van der Waals surface area contributed by atoms with Crippen molar-refractivity contribution < 1.29 is 22.7 Å². The van der Waals surface area contributed by atoms with Crippen molar-refractivity contribution in [2.45, 2.75) is 57.1 Å². The highest BCUT2D eigenvalue weighted by Gasteiger charge is 2.51. The van der Waals surface area contributed by atoms with E-state index in [4.69, 9.17) is 0 Å². The average Bonchev–Trinajstić information content (AvgIpc) is 2.80. The number of benzene rings is 1. The van der Waals surface area contributed by atoms with Gasteiger partial charge in [-0.05, 0) is 37.5 Å². The second kappa shape index (κ2) is 6.27. The molecule has 1 aromatic carbocycles. The number of likely N-dealkylation sites (N-methyl/N-ethyl adjacent to an activating group) is 1. The quantitative estimate of drug-likeness (QED) is 0.910. The third-order valence-electron chi connectivity index (χ3n) is 4.87. The Kier molecular flexibility index (Phi) is 4.46. The molecule has 0 aromatic heterocycles. The maximum Gasteiger partial charge on any atom is 0.573 e. The highest BCUT2D eigenvalue weighted by atomic mass is 19.4. The first-order valence-electron chi connectivity index (χ1n) is 8.29. The van der Waals surface area contributed by atoms with Gasteiger partial charge in [-0.3, -0.25) is 10.1 Å². The fourth-order valence-electron chi connectivity index (χ4n) is 3.75. The van der Waals surface area contributed by atoms with Crippen LogP contribution in [0.3, 0.4) is 0 Å². The fourth-order valence-corrected chi connectivity index (χ4v) is 3.75. The monoisotopic (exact) mass is 342 g/mol. The summed E-state index contributed by atoms with van der Waals surface area (Å²) >= 11 is 0. The van der Waals surface area contributed by atoms with Crippen LogP contribution in [0, 0.1) is 0 Å². The van der Waals surface area contributed by atoms with Gasteiger partial charge in [0.15, 0.2) is 0 Å². The predicted octanol–water partition coefficient (Wildman–Crippen LogP) is 3.74. The first-order valence-corrected chi connectivity index (χ1v) is 8.29. The molecule has 132 valence electrons. The minimum Gasteiger partial charge on any atom is -0.406 e. The summed E-state index contributed by atoms with van der Waals surface area (Å²) < 4.78 is 40.7. The number of nitrogens with one attached hydrogen (secondary N) is 1. The molecule has 1 unspecified atom stereocenters. The van der Waals surface area contributed by atoms with Gasteiger partial charge in [-0.25, -0.2) is 0 Å². The SMILES string of the molecule is CCN1C(=O)C2(CCCCC2)NC1c1ccc(OC(F)(F)F)cc1. The topological polar surface area (TPSA) is 41.6 Å². The highest BCUT2D eigenvalue weighted by Crippen LogP contribution is 2.39. The third kappa shape index (κ3) is 3.22. The van der Waals surface area contributed by atoms with Crippen LogP contribution in [0.15, 0.2) is 24.3 Å². The summed E-state index contributed by atoms with van der Waals surface area (Å²) in [5, 5.41) is 3.45. The lowest BCUT2D eigenvalue weighted by Gasteiger charge is -2.31. The van der Waals surface area contributed by atoms with Crippen LogP contribution >= 0.6 is 0 Å². The Morgan fingerprint density at radius 3 is 2.38 bits per heavy atom. The minimum absolute atomic E-state index is 0.102. The zero-order valence-corrected chi connectivity index (χ0v) is 13.5. The second-order valence-electron chi connectivity index (χ2n) is 6.40. The van der Waals surface area contributed by atoms with E-state index in [1.165, 1.54) is 12.1 Å². The predicted molar refractivity (Wildman–Crippen MR) is 82.2 cm³/mol. The number of carbonyl (C=O) groups excluding carboxylic acids is 1. The molecule has 1 N–H and O–H groups in total. The molecule has 2 aliphatic rings. The Labute approximate surface area is 139 Å². The van der Waals surface area contributed by atoms with E-state index in [1.807, 2.05) is 6.92 Å². The summed E-state index contributed by atoms with van der Waals surface area (Å²) in [7, 11) is 0. The molecular weight excluding hydrogens is 321 g/mol. The van der Waals surface area contributed by atoms with E-state index >= 15 is 0 Å². The number of halogens is 3. The number of nitrogens with zero attached hydrogens (tertiary/aromatic N) is 1. The van der Waals surface area contributed by atoms with E-state index in [1.54, 1.807) is 17.0 Å². The summed E-state index contributed by atoms with van der Waals surface area (Å²) in [5.41, 5.74) is 0.252. The van der Waals surface area contributed by atoms with E-state index in [0.717, 1.165) is 37.7 Å². The van der Waals surface area contributed by atoms with E-state index in [9.17, 15) is 18.0 Å². The minimum atomic E-state index is -4.70. The molecule has 1 aliphatic heterocycles. The van der Waals surface area contributed by atoms with Gasteiger partial charge >= 0.3 is 6.36 Å². The van der Waals surface area contributed by atoms with Crippen molar-refractivity contribution in [1.29, 1.82) is 0 Å². The van der Waals surface area contributed by atoms with Crippen LogP contribution in [0.4, 0.5) is 13.2 Å². The summed E-state index contributed by atoms with van der Waals surface area (Å²) in [5.74, 6) is -0.156. The molecule has 1 saturated heterocycles. The Morgan fingerprint density at radius 2 is 1.83 bits per heavy atom. The van der Waals surface area contributed by atoms with Crippen molar-refractivity contribution in [3.63, 3.8) is 0 Å². The third-order valence-corrected chi connectivity index (χ3v) is 4.87. The Balaban J connectivity index is 1.81. The van der Waals surface area contributed by atoms with E-state index < -0.39 is 11.9 Å². The Hall–Kier alpha value is -1.76. The summed E-state index contributed by atoms with van der Waals surface area (Å²) in [4.78, 5) is 14.6. The zero-order valence-electron chi connectivity index (χ0n) is 13.5. The van der Waals surface area contributed by atoms with Crippen molar-refractivity contribution in [2.75, 3.05) is 6.54 Å². The maximum atomic E-state index is 12.8. The van der Waals surface area contributed by atoms with Gasteiger partial charge in [-0.2, -0.15) is 0 Å². The summed E-state index contributed by atoms with van der Waals surface area (Å²) in [6.07, 6.45) is -0.215. The molecule has 1 saturated carbocycles. The number of carbonyl (C=O) groups is 1. The van der Waals surface area contributed by atoms with Gasteiger partial charge in [0.25, 0.3) is 0 Å². The van der Waals surface area contributed by atoms with Crippen LogP contribution < -0.4 is 10.1 Å². The van der Waals surface area contributed by atoms with Gasteiger partial charge in [-0.15, -0.1) is 13.2 Å². The first kappa shape index (κ1) is 17.1. The Bertz CT molecular complexity index is 595. The number of amides is 1. The van der Waals surface area contributed by atoms with Crippen LogP contribution in [-0.2, 0) is 4.79 Å². The van der Waals surface area contributed by atoms with Crippen LogP contribution in [0.25, 0.3) is 0 Å². The lowest BCUT2D eigenvalue weighted by atomic mass is 9.81. The molecule has 1 heterocycles. The van der Waals surface area contributed by atoms with Crippen molar-refractivity contribution in [1.82, 2.24) is 10.2 Å². The molecule has 3 rings (SSSR count). The highest BCUT2D eigenvalue weighted by molar-refractivity contribution is 5.89. The molecule has 24 heavy (non-hydrogen) atoms. The molecule has 2 fully saturated rings. The number of hydrogen-bond donors (Lipinski definition) is 1. The lowest BCUT2D eigenvalue weighted by Crippen LogP contribution is -2.48. The van der Waals surface area contributed by atoms with Crippen molar-refractivity contribution in [2.24, 2.45) is 0 Å². The zero-order chi connectivity index (χ0) is 17.4. The molecule has 7 heteroatoms.